The molecule has 0 aromatic carbocycles. The molecule has 0 saturated carbocycles. The van der Waals surface area contributed by atoms with E-state index >= 15 is 0 Å². The molecule has 0 atom stereocenters. The van der Waals surface area contributed by atoms with E-state index in [9.17, 15) is 9.59 Å². The van der Waals surface area contributed by atoms with Gasteiger partial charge < -0.3 is 0 Å². The van der Waals surface area contributed by atoms with Crippen molar-refractivity contribution < 1.29 is 9.59 Å². The Bertz CT molecular complexity index is 607. The number of carbonyl (C=O) groups excluding carboxylic acids is 2. The van der Waals surface area contributed by atoms with E-state index in [-0.39, 0.29) is 17.7 Å². The van der Waals surface area contributed by atoms with Crippen molar-refractivity contribution in [3.05, 3.63) is 12.7 Å². The van der Waals surface area contributed by atoms with E-state index in [0.717, 1.165) is 32.1 Å². The van der Waals surface area contributed by atoms with Gasteiger partial charge in [-0.2, -0.15) is 0 Å². The Labute approximate surface area is 152 Å². The van der Waals surface area contributed by atoms with Gasteiger partial charge in [0.1, 0.15) is 24.2 Å². The highest BCUT2D eigenvalue weighted by molar-refractivity contribution is 5.85. The zero-order valence-corrected chi connectivity index (χ0v) is 15.2. The van der Waals surface area contributed by atoms with Crippen LogP contribution in [0.2, 0.25) is 0 Å². The molecule has 0 unspecified atom stereocenters. The molecule has 2 aromatic rings. The maximum atomic E-state index is 12.0. The van der Waals surface area contributed by atoms with Gasteiger partial charge in [-0.3, -0.25) is 9.59 Å². The monoisotopic (exact) mass is 362 g/mol. The predicted molar refractivity (Wildman–Crippen MR) is 91.9 cm³/mol. The van der Waals surface area contributed by atoms with Crippen LogP contribution in [0.3, 0.4) is 0 Å². The topological polar surface area (TPSA) is 121 Å². The van der Waals surface area contributed by atoms with E-state index in [1.807, 2.05) is 0 Å². The zero-order valence-electron chi connectivity index (χ0n) is 15.2. The number of Topliss-reactive ketones (excluding diaryl/α,β-unsaturated/α-hetero) is 2. The van der Waals surface area contributed by atoms with Gasteiger partial charge >= 0.3 is 0 Å². The molecule has 26 heavy (non-hydrogen) atoms. The molecule has 10 nitrogen and oxygen atoms in total. The van der Waals surface area contributed by atoms with E-state index in [1.54, 1.807) is 9.36 Å². The average Bonchev–Trinajstić information content (AvgIpc) is 3.34. The summed E-state index contributed by atoms with van der Waals surface area (Å²) in [6, 6.07) is 0. The summed E-state index contributed by atoms with van der Waals surface area (Å²) >= 11 is 0. The number of hydrogen-bond acceptors (Lipinski definition) is 8. The molecule has 0 radical (unpaired) electrons. The number of unbranched alkanes of at least 4 members (excludes halogenated alkanes) is 3. The fourth-order valence-corrected chi connectivity index (χ4v) is 2.75. The van der Waals surface area contributed by atoms with Crippen molar-refractivity contribution in [2.24, 2.45) is 0 Å². The third-order valence-electron chi connectivity index (χ3n) is 4.25. The van der Waals surface area contributed by atoms with Crippen molar-refractivity contribution in [3.8, 4) is 0 Å². The second-order valence-electron chi connectivity index (χ2n) is 6.34. The van der Waals surface area contributed by atoms with E-state index in [1.165, 1.54) is 12.7 Å². The molecular weight excluding hydrogens is 336 g/mol. The average molecular weight is 362 g/mol. The highest BCUT2D eigenvalue weighted by Gasteiger charge is 2.16. The van der Waals surface area contributed by atoms with Crippen LogP contribution in [0, 0.1) is 0 Å². The van der Waals surface area contributed by atoms with Gasteiger partial charge in [0.2, 0.25) is 0 Å². The fraction of sp³-hybridized carbons (Fsp3) is 0.750. The lowest BCUT2D eigenvalue weighted by Crippen LogP contribution is -2.20. The minimum Gasteiger partial charge on any atom is -0.300 e. The Hall–Kier alpha value is -2.52. The number of tetrazole rings is 2. The van der Waals surface area contributed by atoms with E-state index in [4.69, 9.17) is 0 Å². The Balaban J connectivity index is 1.65. The molecule has 142 valence electrons. The van der Waals surface area contributed by atoms with E-state index in [2.05, 4.69) is 38.0 Å². The van der Waals surface area contributed by atoms with Gasteiger partial charge in [-0.25, -0.2) is 9.36 Å². The number of ketones is 2. The molecule has 0 amide bonds. The predicted octanol–water partition coefficient (Wildman–Crippen LogP) is 1.77. The van der Waals surface area contributed by atoms with Crippen LogP contribution >= 0.6 is 0 Å². The summed E-state index contributed by atoms with van der Waals surface area (Å²) in [5, 5.41) is 22.4. The largest absolute Gasteiger partial charge is 0.300 e. The van der Waals surface area contributed by atoms with Crippen molar-refractivity contribution in [2.75, 3.05) is 0 Å². The molecule has 0 aliphatic carbocycles. The normalized spacial score (nSPS) is 11.2. The minimum absolute atomic E-state index is 0.148. The van der Waals surface area contributed by atoms with Crippen molar-refractivity contribution in [2.45, 2.75) is 77.3 Å². The lowest BCUT2D eigenvalue weighted by atomic mass is 10.0. The number of hydrogen-bond donors (Lipinski definition) is 0. The van der Waals surface area contributed by atoms with Crippen LogP contribution in [0.5, 0.6) is 0 Å². The summed E-state index contributed by atoms with van der Waals surface area (Å²) in [7, 11) is 0. The number of rotatable bonds is 14. The Morgan fingerprint density at radius 3 is 1.81 bits per heavy atom. The van der Waals surface area contributed by atoms with Crippen LogP contribution < -0.4 is 0 Å². The quantitative estimate of drug-likeness (QED) is 0.466. The van der Waals surface area contributed by atoms with Crippen LogP contribution in [-0.4, -0.2) is 52.0 Å². The molecule has 2 aromatic heterocycles. The fourth-order valence-electron chi connectivity index (χ4n) is 2.75. The first-order valence-corrected chi connectivity index (χ1v) is 9.19. The molecule has 2 rings (SSSR count). The summed E-state index contributed by atoms with van der Waals surface area (Å²) in [4.78, 5) is 23.7. The number of nitrogens with zero attached hydrogens (tertiary/aromatic N) is 8. The van der Waals surface area contributed by atoms with Crippen molar-refractivity contribution in [1.29, 1.82) is 0 Å². The Kier molecular flexibility index (Phi) is 8.50. The summed E-state index contributed by atoms with van der Waals surface area (Å²) in [5.74, 6) is 0.347. The van der Waals surface area contributed by atoms with Gasteiger partial charge in [0.05, 0.1) is 0 Å². The van der Waals surface area contributed by atoms with Crippen molar-refractivity contribution in [3.63, 3.8) is 0 Å². The van der Waals surface area contributed by atoms with Crippen molar-refractivity contribution in [1.82, 2.24) is 40.4 Å². The minimum atomic E-state index is -0.213. The lowest BCUT2D eigenvalue weighted by Gasteiger charge is -2.15. The van der Waals surface area contributed by atoms with Crippen LogP contribution in [-0.2, 0) is 9.59 Å². The number of carbonyl (C=O) groups is 2. The third kappa shape index (κ3) is 6.77. The van der Waals surface area contributed by atoms with E-state index < -0.39 is 0 Å². The highest BCUT2D eigenvalue weighted by atomic mass is 16.1. The third-order valence-corrected chi connectivity index (χ3v) is 4.25. The van der Waals surface area contributed by atoms with Crippen LogP contribution in [0.25, 0.3) is 0 Å². The zero-order chi connectivity index (χ0) is 18.6. The molecule has 0 spiro atoms. The van der Waals surface area contributed by atoms with Crippen LogP contribution in [0.1, 0.15) is 77.3 Å². The first-order chi connectivity index (χ1) is 12.7. The second-order valence-corrected chi connectivity index (χ2v) is 6.34. The maximum absolute atomic E-state index is 12.0. The smallest absolute Gasteiger partial charge is 0.150 e. The van der Waals surface area contributed by atoms with Gasteiger partial charge in [-0.05, 0) is 46.5 Å². The molecule has 0 N–H and O–H groups in total. The lowest BCUT2D eigenvalue weighted by molar-refractivity contribution is -0.124. The van der Waals surface area contributed by atoms with Gasteiger partial charge in [0.25, 0.3) is 0 Å². The molecule has 0 fully saturated rings. The van der Waals surface area contributed by atoms with Gasteiger partial charge in [0, 0.05) is 25.7 Å². The van der Waals surface area contributed by atoms with E-state index in [0.29, 0.717) is 32.1 Å². The molecule has 10 heteroatoms. The van der Waals surface area contributed by atoms with Gasteiger partial charge in [0.15, 0.2) is 6.17 Å². The summed E-state index contributed by atoms with van der Waals surface area (Å²) in [6.45, 7) is 2.11. The standard InChI is InChI=1S/C16H26N8O2/c1-2-3-4-7-14(25)10-11-15(26)8-5-6-9-16(23-12-17-19-21-23)24-13-18-20-22-24/h12-13,16H,2-11H2,1H3. The summed E-state index contributed by atoms with van der Waals surface area (Å²) in [6.07, 6.45) is 10.0. The van der Waals surface area contributed by atoms with Gasteiger partial charge in [-0.15, -0.1) is 10.2 Å². The molecule has 2 heterocycles. The first-order valence-electron chi connectivity index (χ1n) is 9.19. The number of aromatic nitrogens is 8. The van der Waals surface area contributed by atoms with Gasteiger partial charge in [-0.1, -0.05) is 19.8 Å². The molecule has 0 bridgehead atoms. The summed E-state index contributed by atoms with van der Waals surface area (Å²) in [5.41, 5.74) is 0. The first kappa shape index (κ1) is 19.8. The summed E-state index contributed by atoms with van der Waals surface area (Å²) < 4.78 is 3.18. The molecule has 0 saturated heterocycles. The van der Waals surface area contributed by atoms with Crippen LogP contribution in [0.4, 0.5) is 0 Å². The maximum Gasteiger partial charge on any atom is 0.150 e. The molecular formula is C16H26N8O2. The Morgan fingerprint density at radius 2 is 1.35 bits per heavy atom. The molecule has 0 aliphatic heterocycles. The highest BCUT2D eigenvalue weighted by Crippen LogP contribution is 2.16. The Morgan fingerprint density at radius 1 is 0.808 bits per heavy atom. The second kappa shape index (κ2) is 11.2. The van der Waals surface area contributed by atoms with Crippen LogP contribution in [0.15, 0.2) is 12.7 Å². The molecule has 0 aliphatic rings. The van der Waals surface area contributed by atoms with Crippen molar-refractivity contribution >= 4 is 11.6 Å². The SMILES string of the molecule is CCCCCC(=O)CCC(=O)CCCCC(n1cnnn1)n1cnnn1.